The van der Waals surface area contributed by atoms with Crippen molar-refractivity contribution in [2.24, 2.45) is 0 Å². The highest BCUT2D eigenvalue weighted by Crippen LogP contribution is 2.35. The Bertz CT molecular complexity index is 1210. The highest BCUT2D eigenvalue weighted by molar-refractivity contribution is 14.1. The molecule has 0 saturated heterocycles. The number of hydrogen-bond acceptors (Lipinski definition) is 4. The summed E-state index contributed by atoms with van der Waals surface area (Å²) in [7, 11) is 0. The second-order valence-corrected chi connectivity index (χ2v) is 8.62. The molecule has 33 heavy (non-hydrogen) atoms. The van der Waals surface area contributed by atoms with Gasteiger partial charge in [0, 0.05) is 5.69 Å². The minimum absolute atomic E-state index is 0.000834. The predicted molar refractivity (Wildman–Crippen MR) is 139 cm³/mol. The first-order valence-corrected chi connectivity index (χ1v) is 11.6. The average molecular weight is 552 g/mol. The maximum Gasteiger partial charge on any atom is 0.266 e. The monoisotopic (exact) mass is 552 g/mol. The number of anilines is 1. The molecule has 0 radical (unpaired) electrons. The number of carbonyl (C=O) groups excluding carboxylic acids is 1. The van der Waals surface area contributed by atoms with Crippen molar-refractivity contribution in [2.75, 3.05) is 11.9 Å². The molecule has 3 aromatic rings. The summed E-state index contributed by atoms with van der Waals surface area (Å²) in [6.07, 6.45) is 1.55. The molecule has 0 saturated carbocycles. The van der Waals surface area contributed by atoms with Crippen LogP contribution in [0.2, 0.25) is 0 Å². The predicted octanol–water partition coefficient (Wildman–Crippen LogP) is 6.43. The summed E-state index contributed by atoms with van der Waals surface area (Å²) >= 11 is 2.18. The highest BCUT2D eigenvalue weighted by Gasteiger charge is 2.15. The molecule has 0 aliphatic carbocycles. The molecule has 3 aromatic carbocycles. The molecule has 1 amide bonds. The van der Waals surface area contributed by atoms with Crippen molar-refractivity contribution < 1.29 is 14.3 Å². The Morgan fingerprint density at radius 3 is 2.48 bits per heavy atom. The van der Waals surface area contributed by atoms with E-state index in [9.17, 15) is 10.1 Å². The summed E-state index contributed by atoms with van der Waals surface area (Å²) in [4.78, 5) is 12.6. The average Bonchev–Trinajstić information content (AvgIpc) is 2.80. The molecule has 6 heteroatoms. The zero-order valence-electron chi connectivity index (χ0n) is 18.8. The number of nitrogens with zero attached hydrogens (tertiary/aromatic N) is 1. The molecule has 0 bridgehead atoms. The van der Waals surface area contributed by atoms with Crippen molar-refractivity contribution in [3.05, 3.63) is 92.1 Å². The van der Waals surface area contributed by atoms with Crippen LogP contribution in [0.25, 0.3) is 6.08 Å². The van der Waals surface area contributed by atoms with Gasteiger partial charge in [-0.15, -0.1) is 0 Å². The Morgan fingerprint density at radius 2 is 1.82 bits per heavy atom. The SMILES string of the molecule is CCOc1cc(/C=C(\C#N)C(=O)Nc2ccccc2)cc(I)c1OCc1ccc(C)c(C)c1. The van der Waals surface area contributed by atoms with E-state index in [-0.39, 0.29) is 5.57 Å². The molecule has 5 nitrogen and oxygen atoms in total. The number of aryl methyl sites for hydroxylation is 2. The van der Waals surface area contributed by atoms with Crippen LogP contribution in [0.1, 0.15) is 29.2 Å². The molecule has 0 aliphatic rings. The van der Waals surface area contributed by atoms with Crippen LogP contribution >= 0.6 is 22.6 Å². The van der Waals surface area contributed by atoms with Gasteiger partial charge in [-0.3, -0.25) is 4.79 Å². The number of halogens is 1. The Kier molecular flexibility index (Phi) is 8.50. The highest BCUT2D eigenvalue weighted by atomic mass is 127. The Morgan fingerprint density at radius 1 is 1.06 bits per heavy atom. The fourth-order valence-electron chi connectivity index (χ4n) is 3.16. The zero-order valence-corrected chi connectivity index (χ0v) is 21.0. The lowest BCUT2D eigenvalue weighted by Crippen LogP contribution is -2.13. The minimum atomic E-state index is -0.466. The number of hydrogen-bond donors (Lipinski definition) is 1. The molecule has 0 atom stereocenters. The lowest BCUT2D eigenvalue weighted by atomic mass is 10.1. The minimum Gasteiger partial charge on any atom is -0.490 e. The van der Waals surface area contributed by atoms with E-state index >= 15 is 0 Å². The van der Waals surface area contributed by atoms with E-state index in [0.717, 1.165) is 9.13 Å². The van der Waals surface area contributed by atoms with E-state index in [1.807, 2.05) is 37.3 Å². The van der Waals surface area contributed by atoms with Gasteiger partial charge in [0.05, 0.1) is 10.2 Å². The Balaban J connectivity index is 1.84. The molecule has 0 fully saturated rings. The lowest BCUT2D eigenvalue weighted by molar-refractivity contribution is -0.112. The molecule has 1 N–H and O–H groups in total. The van der Waals surface area contributed by atoms with Crippen LogP contribution in [-0.4, -0.2) is 12.5 Å². The third-order valence-corrected chi connectivity index (χ3v) is 5.80. The molecular formula is C27H25IN2O3. The van der Waals surface area contributed by atoms with Crippen molar-refractivity contribution in [1.29, 1.82) is 5.26 Å². The molecule has 168 valence electrons. The van der Waals surface area contributed by atoms with E-state index in [4.69, 9.17) is 9.47 Å². The number of nitrogens with one attached hydrogen (secondary N) is 1. The number of para-hydroxylation sites is 1. The van der Waals surface area contributed by atoms with Crippen LogP contribution in [0.3, 0.4) is 0 Å². The molecule has 3 rings (SSSR count). The van der Waals surface area contributed by atoms with Crippen LogP contribution < -0.4 is 14.8 Å². The first-order valence-electron chi connectivity index (χ1n) is 10.5. The number of amides is 1. The van der Waals surface area contributed by atoms with Gasteiger partial charge in [-0.1, -0.05) is 36.4 Å². The van der Waals surface area contributed by atoms with E-state index in [0.29, 0.717) is 36.0 Å². The third kappa shape index (κ3) is 6.59. The lowest BCUT2D eigenvalue weighted by Gasteiger charge is -2.15. The second-order valence-electron chi connectivity index (χ2n) is 7.46. The Labute approximate surface area is 208 Å². The smallest absolute Gasteiger partial charge is 0.266 e. The fourth-order valence-corrected chi connectivity index (χ4v) is 3.94. The van der Waals surface area contributed by atoms with Gasteiger partial charge >= 0.3 is 0 Å². The van der Waals surface area contributed by atoms with Crippen LogP contribution in [0.15, 0.2) is 66.2 Å². The van der Waals surface area contributed by atoms with Gasteiger partial charge in [0.25, 0.3) is 5.91 Å². The number of benzene rings is 3. The zero-order chi connectivity index (χ0) is 23.8. The summed E-state index contributed by atoms with van der Waals surface area (Å²) in [5.41, 5.74) is 4.84. The molecule has 0 unspecified atom stereocenters. The van der Waals surface area contributed by atoms with Crippen molar-refractivity contribution in [1.82, 2.24) is 0 Å². The van der Waals surface area contributed by atoms with Gasteiger partial charge in [-0.05, 0) is 96.0 Å². The van der Waals surface area contributed by atoms with Crippen molar-refractivity contribution in [3.8, 4) is 17.6 Å². The van der Waals surface area contributed by atoms with E-state index in [1.165, 1.54) is 11.1 Å². The fraction of sp³-hybridized carbons (Fsp3) is 0.185. The van der Waals surface area contributed by atoms with Crippen molar-refractivity contribution in [2.45, 2.75) is 27.4 Å². The largest absolute Gasteiger partial charge is 0.490 e. The molecular weight excluding hydrogens is 527 g/mol. The molecule has 0 aliphatic heterocycles. The van der Waals surface area contributed by atoms with Crippen LogP contribution in [0.5, 0.6) is 11.5 Å². The van der Waals surface area contributed by atoms with Gasteiger partial charge in [-0.2, -0.15) is 5.26 Å². The van der Waals surface area contributed by atoms with Gasteiger partial charge in [-0.25, -0.2) is 0 Å². The number of rotatable bonds is 8. The number of nitriles is 1. The summed E-state index contributed by atoms with van der Waals surface area (Å²) in [6.45, 7) is 6.93. The maximum atomic E-state index is 12.6. The maximum absolute atomic E-state index is 12.6. The first-order chi connectivity index (χ1) is 15.9. The van der Waals surface area contributed by atoms with Crippen LogP contribution in [0.4, 0.5) is 5.69 Å². The van der Waals surface area contributed by atoms with Crippen LogP contribution in [-0.2, 0) is 11.4 Å². The number of ether oxygens (including phenoxy) is 2. The standard InChI is InChI=1S/C27H25IN2O3/c1-4-32-25-15-21(13-22(16-29)27(31)30-23-8-6-5-7-9-23)14-24(28)26(25)33-17-20-11-10-18(2)19(3)12-20/h5-15H,4,17H2,1-3H3,(H,30,31)/b22-13+. The second kappa shape index (κ2) is 11.5. The van der Waals surface area contributed by atoms with Crippen molar-refractivity contribution in [3.63, 3.8) is 0 Å². The van der Waals surface area contributed by atoms with E-state index in [1.54, 1.807) is 24.3 Å². The normalized spacial score (nSPS) is 10.9. The van der Waals surface area contributed by atoms with E-state index in [2.05, 4.69) is 60.0 Å². The summed E-state index contributed by atoms with van der Waals surface area (Å²) in [5, 5.41) is 12.3. The first kappa shape index (κ1) is 24.3. The van der Waals surface area contributed by atoms with Crippen molar-refractivity contribution >= 4 is 40.3 Å². The molecule has 0 heterocycles. The summed E-state index contributed by atoms with van der Waals surface area (Å²) in [6, 6.07) is 20.9. The van der Waals surface area contributed by atoms with Gasteiger partial charge in [0.1, 0.15) is 18.2 Å². The topological polar surface area (TPSA) is 71.3 Å². The quantitative estimate of drug-likeness (QED) is 0.199. The third-order valence-electron chi connectivity index (χ3n) is 4.99. The van der Waals surface area contributed by atoms with Gasteiger partial charge < -0.3 is 14.8 Å². The molecule has 0 aromatic heterocycles. The van der Waals surface area contributed by atoms with Gasteiger partial charge in [0.15, 0.2) is 11.5 Å². The van der Waals surface area contributed by atoms with Gasteiger partial charge in [0.2, 0.25) is 0 Å². The Hall–Kier alpha value is -3.31. The number of carbonyl (C=O) groups is 1. The summed E-state index contributed by atoms with van der Waals surface area (Å²) in [5.74, 6) is 0.743. The van der Waals surface area contributed by atoms with Crippen LogP contribution in [0, 0.1) is 28.7 Å². The van der Waals surface area contributed by atoms with E-state index < -0.39 is 5.91 Å². The summed E-state index contributed by atoms with van der Waals surface area (Å²) < 4.78 is 12.8. The molecule has 0 spiro atoms.